The van der Waals surface area contributed by atoms with E-state index in [0.29, 0.717) is 35.6 Å². The van der Waals surface area contributed by atoms with Crippen molar-refractivity contribution in [2.45, 2.75) is 95.7 Å². The topological polar surface area (TPSA) is 302 Å². The smallest absolute Gasteiger partial charge is 0.335 e. The van der Waals surface area contributed by atoms with Crippen LogP contribution >= 0.6 is 0 Å². The fraction of sp³-hybridized carbons (Fsp3) is 0.486. The number of carboxylic acid groups (broad SMARTS) is 2. The minimum absolute atomic E-state index is 0.0544. The first kappa shape index (κ1) is 40.6. The van der Waals surface area contributed by atoms with Gasteiger partial charge >= 0.3 is 11.9 Å². The molecule has 0 bridgehead atoms. The minimum Gasteiger partial charge on any atom is -0.481 e. The van der Waals surface area contributed by atoms with Crippen LogP contribution in [0.2, 0.25) is 0 Å². The first-order valence-electron chi connectivity index (χ1n) is 17.5. The molecule has 4 heterocycles. The number of carbonyl (C=O) groups is 4. The largest absolute Gasteiger partial charge is 0.481 e. The van der Waals surface area contributed by atoms with Crippen molar-refractivity contribution in [2.24, 2.45) is 5.92 Å². The first-order valence-corrected chi connectivity index (χ1v) is 17.5. The molecule has 7 atom stereocenters. The van der Waals surface area contributed by atoms with Gasteiger partial charge in [-0.1, -0.05) is 29.5 Å². The van der Waals surface area contributed by atoms with E-state index in [2.05, 4.69) is 35.6 Å². The van der Waals surface area contributed by atoms with Gasteiger partial charge in [0.2, 0.25) is 5.91 Å². The van der Waals surface area contributed by atoms with E-state index in [0.717, 1.165) is 5.56 Å². The number of carbonyl (C=O) groups excluding carboxylic acids is 2. The Bertz CT molecular complexity index is 2050. The van der Waals surface area contributed by atoms with Gasteiger partial charge in [-0.2, -0.15) is 0 Å². The number of nitrogens with zero attached hydrogens (tertiary/aromatic N) is 6. The Labute approximate surface area is 312 Å². The normalized spacial score (nSPS) is 20.9. The molecule has 1 aromatic carbocycles. The van der Waals surface area contributed by atoms with E-state index in [1.807, 2.05) is 0 Å². The number of aliphatic carboxylic acids is 2. The molecule has 4 aromatic rings. The molecular weight excluding hydrogens is 724 g/mol. The van der Waals surface area contributed by atoms with Crippen LogP contribution in [0.1, 0.15) is 59.3 Å². The maximum absolute atomic E-state index is 13.0. The van der Waals surface area contributed by atoms with E-state index < -0.39 is 60.5 Å². The second kappa shape index (κ2) is 18.2. The summed E-state index contributed by atoms with van der Waals surface area (Å²) >= 11 is 0. The molecule has 3 aromatic heterocycles. The fourth-order valence-corrected chi connectivity index (χ4v) is 5.98. The van der Waals surface area contributed by atoms with Gasteiger partial charge in [-0.15, -0.1) is 5.10 Å². The number of rotatable bonds is 18. The number of hydrogen-bond donors (Lipinski definition) is 7. The molecule has 20 heteroatoms. The summed E-state index contributed by atoms with van der Waals surface area (Å²) in [4.78, 5) is 76.5. The van der Waals surface area contributed by atoms with Gasteiger partial charge in [0.1, 0.15) is 24.1 Å². The second-order valence-electron chi connectivity index (χ2n) is 13.3. The molecule has 1 aliphatic rings. The number of ether oxygens (including phenoxy) is 2. The third-order valence-electron chi connectivity index (χ3n) is 8.96. The highest BCUT2D eigenvalue weighted by atomic mass is 16.7. The number of fused-ring (bicyclic) bond motifs is 1. The lowest BCUT2D eigenvalue weighted by atomic mass is 9.93. The van der Waals surface area contributed by atoms with Crippen molar-refractivity contribution in [2.75, 3.05) is 6.61 Å². The summed E-state index contributed by atoms with van der Waals surface area (Å²) in [5.41, 5.74) is 2.43. The van der Waals surface area contributed by atoms with Gasteiger partial charge in [-0.05, 0) is 38.7 Å². The zero-order chi connectivity index (χ0) is 39.8. The molecule has 1 amide bonds. The lowest BCUT2D eigenvalue weighted by Crippen LogP contribution is -2.60. The van der Waals surface area contributed by atoms with Crippen molar-refractivity contribution in [3.8, 4) is 0 Å². The van der Waals surface area contributed by atoms with Crippen molar-refractivity contribution < 1.29 is 54.2 Å². The van der Waals surface area contributed by atoms with Gasteiger partial charge in [0.05, 0.1) is 36.7 Å². The van der Waals surface area contributed by atoms with E-state index in [1.165, 1.54) is 4.68 Å². The van der Waals surface area contributed by atoms with Gasteiger partial charge < -0.3 is 45.3 Å². The highest BCUT2D eigenvalue weighted by molar-refractivity contribution is 5.98. The number of aromatic amines is 1. The predicted molar refractivity (Wildman–Crippen MR) is 187 cm³/mol. The summed E-state index contributed by atoms with van der Waals surface area (Å²) in [6.45, 7) is 3.39. The Balaban J connectivity index is 1.03. The molecule has 1 saturated heterocycles. The molecule has 1 fully saturated rings. The van der Waals surface area contributed by atoms with Crippen LogP contribution in [0.15, 0.2) is 41.5 Å². The minimum atomic E-state index is -1.83. The Morgan fingerprint density at radius 1 is 1.02 bits per heavy atom. The average Bonchev–Trinajstić information content (AvgIpc) is 3.58. The Kier molecular flexibility index (Phi) is 13.4. The molecule has 294 valence electrons. The maximum Gasteiger partial charge on any atom is 0.335 e. The quantitative estimate of drug-likeness (QED) is 0.0604. The van der Waals surface area contributed by atoms with Crippen LogP contribution < -0.4 is 10.9 Å². The van der Waals surface area contributed by atoms with Crippen LogP contribution in [-0.4, -0.2) is 127 Å². The van der Waals surface area contributed by atoms with E-state index in [9.17, 15) is 44.4 Å². The number of Topliss-reactive ketones (excluding diaryl/α,β-unsaturated/α-hetero) is 1. The van der Waals surface area contributed by atoms with Gasteiger partial charge in [-0.3, -0.25) is 19.2 Å². The van der Waals surface area contributed by atoms with Gasteiger partial charge in [0, 0.05) is 37.1 Å². The Hall–Kier alpha value is -5.54. The third-order valence-corrected chi connectivity index (χ3v) is 8.96. The fourth-order valence-electron chi connectivity index (χ4n) is 5.98. The number of nitrogens with one attached hydrogen (secondary N) is 2. The summed E-state index contributed by atoms with van der Waals surface area (Å²) < 4.78 is 11.8. The standard InChI is InChI=1S/C35H42N8O12/c1-17(13-23-16-43(42-41-23)11-12-54-35-29(48)27(46)28(47)30(55-35)34(52)53)37-25(45)10-8-21(33(50)51)14-24(44)20-6-3-19(4-7-20)5-9-22-15-36-31-26(40-22)32(49)39-18(2)38-31/h3-4,6-7,15-17,21,27-30,35,46-48H,5,8-14H2,1-2H3,(H,37,45)(H,50,51)(H,52,53)(H,36,38,39,49)/t17-,21-,27+,28?,29+,30?,35?/m1/s1. The Morgan fingerprint density at radius 3 is 2.47 bits per heavy atom. The number of aliphatic hydroxyl groups excluding tert-OH is 3. The zero-order valence-corrected chi connectivity index (χ0v) is 29.9. The van der Waals surface area contributed by atoms with Crippen molar-refractivity contribution in [1.82, 2.24) is 40.2 Å². The highest BCUT2D eigenvalue weighted by Crippen LogP contribution is 2.23. The number of H-pyrrole nitrogens is 1. The molecular formula is C35H42N8O12. The van der Waals surface area contributed by atoms with Crippen molar-refractivity contribution in [3.05, 3.63) is 75.4 Å². The average molecular weight is 767 g/mol. The number of aryl methyl sites for hydroxylation is 3. The molecule has 0 radical (unpaired) electrons. The molecule has 0 aliphatic carbocycles. The Morgan fingerprint density at radius 2 is 1.76 bits per heavy atom. The van der Waals surface area contributed by atoms with E-state index in [1.54, 1.807) is 50.5 Å². The van der Waals surface area contributed by atoms with Crippen LogP contribution in [0.25, 0.3) is 11.2 Å². The molecule has 3 unspecified atom stereocenters. The highest BCUT2D eigenvalue weighted by Gasteiger charge is 2.47. The SMILES string of the molecule is Cc1nc2ncc(CCc3ccc(C(=O)C[C@@H](CCC(=O)N[C@H](C)Cc4cn(CCOC5OC(C(=O)O)C(O)[C@H](O)[C@@H]5O)nn4)C(=O)O)cc3)nc2c(=O)[nH]1. The number of hydrogen-bond acceptors (Lipinski definition) is 15. The summed E-state index contributed by atoms with van der Waals surface area (Å²) in [6, 6.07) is 6.39. The molecule has 7 N–H and O–H groups in total. The maximum atomic E-state index is 13.0. The molecule has 20 nitrogen and oxygen atoms in total. The van der Waals surface area contributed by atoms with Crippen LogP contribution in [0, 0.1) is 12.8 Å². The van der Waals surface area contributed by atoms with E-state index in [-0.39, 0.29) is 61.3 Å². The van der Waals surface area contributed by atoms with Gasteiger partial charge in [-0.25, -0.2) is 24.4 Å². The first-order chi connectivity index (χ1) is 26.2. The van der Waals surface area contributed by atoms with Crippen LogP contribution in [-0.2, 0) is 49.7 Å². The summed E-state index contributed by atoms with van der Waals surface area (Å²) in [5, 5.41) is 59.5. The van der Waals surface area contributed by atoms with Crippen molar-refractivity contribution >= 4 is 34.8 Å². The van der Waals surface area contributed by atoms with Gasteiger partial charge in [0.15, 0.2) is 29.3 Å². The van der Waals surface area contributed by atoms with Crippen LogP contribution in [0.5, 0.6) is 0 Å². The number of amides is 1. The number of ketones is 1. The lowest BCUT2D eigenvalue weighted by Gasteiger charge is -2.38. The number of benzene rings is 1. The third kappa shape index (κ3) is 10.8. The molecule has 1 aliphatic heterocycles. The summed E-state index contributed by atoms with van der Waals surface area (Å²) in [7, 11) is 0. The zero-order valence-electron chi connectivity index (χ0n) is 29.9. The van der Waals surface area contributed by atoms with E-state index in [4.69, 9.17) is 14.6 Å². The summed E-state index contributed by atoms with van der Waals surface area (Å²) in [6.07, 6.45) is -4.56. The van der Waals surface area contributed by atoms with Crippen molar-refractivity contribution in [3.63, 3.8) is 0 Å². The van der Waals surface area contributed by atoms with Crippen LogP contribution in [0.3, 0.4) is 0 Å². The summed E-state index contributed by atoms with van der Waals surface area (Å²) in [5.74, 6) is -4.11. The van der Waals surface area contributed by atoms with E-state index >= 15 is 0 Å². The van der Waals surface area contributed by atoms with Crippen molar-refractivity contribution in [1.29, 1.82) is 0 Å². The number of carboxylic acids is 2. The van der Waals surface area contributed by atoms with Gasteiger partial charge in [0.25, 0.3) is 5.56 Å². The molecule has 5 rings (SSSR count). The second-order valence-corrected chi connectivity index (χ2v) is 13.3. The monoisotopic (exact) mass is 766 g/mol. The predicted octanol–water partition coefficient (Wildman–Crippen LogP) is -0.892. The molecule has 0 saturated carbocycles. The molecule has 0 spiro atoms. The number of aromatic nitrogens is 7. The van der Waals surface area contributed by atoms with Crippen LogP contribution in [0.4, 0.5) is 0 Å². The number of aliphatic hydroxyl groups is 3. The lowest BCUT2D eigenvalue weighted by molar-refractivity contribution is -0.294. The molecule has 55 heavy (non-hydrogen) atoms.